The number of phenolic OH excluding ortho intramolecular Hbond substituents is 3. The summed E-state index contributed by atoms with van der Waals surface area (Å²) in [5.41, 5.74) is 0.0585. The Morgan fingerprint density at radius 1 is 0.935 bits per heavy atom. The van der Waals surface area contributed by atoms with Crippen LogP contribution in [0, 0.1) is 0 Å². The molecule has 0 atom stereocenters. The summed E-state index contributed by atoms with van der Waals surface area (Å²) >= 11 is 0. The molecule has 0 bridgehead atoms. The van der Waals surface area contributed by atoms with Gasteiger partial charge in [0.25, 0.3) is 5.91 Å². The first kappa shape index (κ1) is 23.3. The maximum absolute atomic E-state index is 12.3. The summed E-state index contributed by atoms with van der Waals surface area (Å²) in [6.45, 7) is 5.29. The molecular weight excluding hydrogens is 406 g/mol. The van der Waals surface area contributed by atoms with Gasteiger partial charge in [-0.2, -0.15) is 0 Å². The third-order valence-corrected chi connectivity index (χ3v) is 3.76. The van der Waals surface area contributed by atoms with Crippen LogP contribution in [0.25, 0.3) is 0 Å². The standard InChI is InChI=1S/C21H25N3O7/c1-21(2,3)31-20(30)22-8-7-17(27)23-13-5-4-6-14(11-13)24-19(29)12-9-15(25)18(28)16(26)10-12/h4-6,9-11,25-26,28H,7-8H2,1-3H3,(H,22,30)(H,23,27)(H,24,29). The van der Waals surface area contributed by atoms with Crippen molar-refractivity contribution >= 4 is 29.3 Å². The van der Waals surface area contributed by atoms with Gasteiger partial charge in [0.2, 0.25) is 5.91 Å². The van der Waals surface area contributed by atoms with Crippen molar-refractivity contribution in [2.75, 3.05) is 17.2 Å². The lowest BCUT2D eigenvalue weighted by Gasteiger charge is -2.19. The molecule has 0 spiro atoms. The van der Waals surface area contributed by atoms with E-state index in [1.807, 2.05) is 0 Å². The van der Waals surface area contributed by atoms with Crippen molar-refractivity contribution in [3.05, 3.63) is 42.0 Å². The molecule has 0 aliphatic carbocycles. The highest BCUT2D eigenvalue weighted by Crippen LogP contribution is 2.35. The zero-order valence-corrected chi connectivity index (χ0v) is 17.4. The van der Waals surface area contributed by atoms with E-state index in [9.17, 15) is 29.7 Å². The van der Waals surface area contributed by atoms with Gasteiger partial charge in [0.1, 0.15) is 5.60 Å². The second kappa shape index (κ2) is 9.70. The molecule has 6 N–H and O–H groups in total. The predicted molar refractivity (Wildman–Crippen MR) is 113 cm³/mol. The minimum absolute atomic E-state index is 0.0158. The number of hydrogen-bond acceptors (Lipinski definition) is 7. The van der Waals surface area contributed by atoms with E-state index in [0.29, 0.717) is 11.4 Å². The Morgan fingerprint density at radius 3 is 2.10 bits per heavy atom. The molecule has 0 fully saturated rings. The number of anilines is 2. The van der Waals surface area contributed by atoms with Crippen molar-refractivity contribution < 1.29 is 34.4 Å². The van der Waals surface area contributed by atoms with Gasteiger partial charge in [0.15, 0.2) is 17.2 Å². The van der Waals surface area contributed by atoms with Gasteiger partial charge in [-0.25, -0.2) is 4.79 Å². The lowest BCUT2D eigenvalue weighted by Crippen LogP contribution is -2.34. The highest BCUT2D eigenvalue weighted by molar-refractivity contribution is 6.05. The number of rotatable bonds is 6. The Morgan fingerprint density at radius 2 is 1.52 bits per heavy atom. The highest BCUT2D eigenvalue weighted by atomic mass is 16.6. The lowest BCUT2D eigenvalue weighted by atomic mass is 10.1. The van der Waals surface area contributed by atoms with E-state index >= 15 is 0 Å². The van der Waals surface area contributed by atoms with Crippen LogP contribution in [-0.2, 0) is 9.53 Å². The molecule has 10 heteroatoms. The summed E-state index contributed by atoms with van der Waals surface area (Å²) < 4.78 is 5.08. The van der Waals surface area contributed by atoms with Gasteiger partial charge in [-0.15, -0.1) is 0 Å². The van der Waals surface area contributed by atoms with Gasteiger partial charge in [-0.3, -0.25) is 9.59 Å². The van der Waals surface area contributed by atoms with Crippen LogP contribution in [0.1, 0.15) is 37.6 Å². The van der Waals surface area contributed by atoms with E-state index in [-0.39, 0.29) is 24.4 Å². The maximum Gasteiger partial charge on any atom is 0.407 e. The van der Waals surface area contributed by atoms with Crippen LogP contribution in [0.2, 0.25) is 0 Å². The van der Waals surface area contributed by atoms with Crippen LogP contribution in [0.3, 0.4) is 0 Å². The molecule has 2 aromatic carbocycles. The molecule has 0 saturated carbocycles. The van der Waals surface area contributed by atoms with Crippen LogP contribution >= 0.6 is 0 Å². The summed E-state index contributed by atoms with van der Waals surface area (Å²) in [5, 5.41) is 36.1. The largest absolute Gasteiger partial charge is 0.504 e. The second-order valence-corrected chi connectivity index (χ2v) is 7.62. The number of aromatic hydroxyl groups is 3. The summed E-state index contributed by atoms with van der Waals surface area (Å²) in [5.74, 6) is -2.98. The molecule has 0 aromatic heterocycles. The van der Waals surface area contributed by atoms with E-state index in [0.717, 1.165) is 12.1 Å². The number of hydrogen-bond donors (Lipinski definition) is 6. The van der Waals surface area contributed by atoms with Gasteiger partial charge in [0, 0.05) is 29.9 Å². The minimum Gasteiger partial charge on any atom is -0.504 e. The molecule has 0 unspecified atom stereocenters. The van der Waals surface area contributed by atoms with Crippen molar-refractivity contribution in [1.82, 2.24) is 5.32 Å². The Kier molecular flexibility index (Phi) is 7.30. The number of ether oxygens (including phenoxy) is 1. The summed E-state index contributed by atoms with van der Waals surface area (Å²) in [7, 11) is 0. The second-order valence-electron chi connectivity index (χ2n) is 7.62. The first-order valence-corrected chi connectivity index (χ1v) is 9.37. The Balaban J connectivity index is 1.91. The van der Waals surface area contributed by atoms with Crippen molar-refractivity contribution in [2.24, 2.45) is 0 Å². The number of alkyl carbamates (subject to hydrolysis) is 1. The highest BCUT2D eigenvalue weighted by Gasteiger charge is 2.16. The van der Waals surface area contributed by atoms with Crippen LogP contribution in [0.4, 0.5) is 16.2 Å². The van der Waals surface area contributed by atoms with Gasteiger partial charge < -0.3 is 36.0 Å². The SMILES string of the molecule is CC(C)(C)OC(=O)NCCC(=O)Nc1cccc(NC(=O)c2cc(O)c(O)c(O)c2)c1. The van der Waals surface area contributed by atoms with Crippen LogP contribution in [0.5, 0.6) is 17.2 Å². The Labute approximate surface area is 178 Å². The molecular formula is C21H25N3O7. The molecule has 0 heterocycles. The fourth-order valence-corrected chi connectivity index (χ4v) is 2.43. The number of nitrogens with one attached hydrogen (secondary N) is 3. The van der Waals surface area contributed by atoms with E-state index in [2.05, 4.69) is 16.0 Å². The quantitative estimate of drug-likeness (QED) is 0.384. The molecule has 2 rings (SSSR count). The van der Waals surface area contributed by atoms with Gasteiger partial charge in [-0.1, -0.05) is 6.07 Å². The molecule has 0 radical (unpaired) electrons. The number of carbonyl (C=O) groups excluding carboxylic acids is 3. The number of carbonyl (C=O) groups is 3. The van der Waals surface area contributed by atoms with E-state index in [1.165, 1.54) is 6.07 Å². The third kappa shape index (κ3) is 7.42. The fourth-order valence-electron chi connectivity index (χ4n) is 2.43. The molecule has 0 aliphatic rings. The topological polar surface area (TPSA) is 157 Å². The fraction of sp³-hybridized carbons (Fsp3) is 0.286. The first-order valence-electron chi connectivity index (χ1n) is 9.37. The zero-order valence-electron chi connectivity index (χ0n) is 17.4. The molecule has 3 amide bonds. The zero-order chi connectivity index (χ0) is 23.2. The molecule has 10 nitrogen and oxygen atoms in total. The predicted octanol–water partition coefficient (Wildman–Crippen LogP) is 2.91. The van der Waals surface area contributed by atoms with Crippen LogP contribution in [-0.4, -0.2) is 45.4 Å². The Hall–Kier alpha value is -3.95. The maximum atomic E-state index is 12.3. The number of amides is 3. The molecule has 2 aromatic rings. The number of phenols is 3. The van der Waals surface area contributed by atoms with Gasteiger partial charge >= 0.3 is 6.09 Å². The monoisotopic (exact) mass is 431 g/mol. The summed E-state index contributed by atoms with van der Waals surface area (Å²) in [6, 6.07) is 8.33. The third-order valence-electron chi connectivity index (χ3n) is 3.76. The van der Waals surface area contributed by atoms with Crippen molar-refractivity contribution in [3.63, 3.8) is 0 Å². The average molecular weight is 431 g/mol. The summed E-state index contributed by atoms with van der Waals surface area (Å²) in [6.07, 6.45) is -0.599. The van der Waals surface area contributed by atoms with Gasteiger partial charge in [-0.05, 0) is 51.1 Å². The Bertz CT molecular complexity index is 960. The van der Waals surface area contributed by atoms with E-state index < -0.39 is 34.9 Å². The number of benzene rings is 2. The smallest absolute Gasteiger partial charge is 0.407 e. The first-order chi connectivity index (χ1) is 14.4. The molecule has 0 aliphatic heterocycles. The van der Waals surface area contributed by atoms with E-state index in [4.69, 9.17) is 4.74 Å². The van der Waals surface area contributed by atoms with Crippen LogP contribution in [0.15, 0.2) is 36.4 Å². The van der Waals surface area contributed by atoms with E-state index in [1.54, 1.807) is 39.0 Å². The van der Waals surface area contributed by atoms with Crippen molar-refractivity contribution in [3.8, 4) is 17.2 Å². The molecule has 0 saturated heterocycles. The minimum atomic E-state index is -0.720. The lowest BCUT2D eigenvalue weighted by molar-refractivity contribution is -0.116. The molecule has 31 heavy (non-hydrogen) atoms. The molecule has 166 valence electrons. The average Bonchev–Trinajstić information content (AvgIpc) is 2.64. The van der Waals surface area contributed by atoms with Gasteiger partial charge in [0.05, 0.1) is 0 Å². The normalized spacial score (nSPS) is 10.8. The van der Waals surface area contributed by atoms with Crippen LogP contribution < -0.4 is 16.0 Å². The van der Waals surface area contributed by atoms with Crippen molar-refractivity contribution in [2.45, 2.75) is 32.8 Å². The van der Waals surface area contributed by atoms with Crippen molar-refractivity contribution in [1.29, 1.82) is 0 Å². The summed E-state index contributed by atoms with van der Waals surface area (Å²) in [4.78, 5) is 36.0.